The molecule has 0 aromatic rings. The molecule has 1 unspecified atom stereocenters. The van der Waals surface area contributed by atoms with Crippen LogP contribution in [0.3, 0.4) is 0 Å². The Labute approximate surface area is 127 Å². The van der Waals surface area contributed by atoms with E-state index in [4.69, 9.17) is 9.47 Å². The van der Waals surface area contributed by atoms with Crippen LogP contribution in [0.2, 0.25) is 0 Å². The van der Waals surface area contributed by atoms with Gasteiger partial charge in [0.05, 0.1) is 14.2 Å². The zero-order valence-electron chi connectivity index (χ0n) is 13.2. The molecule has 1 heterocycles. The summed E-state index contributed by atoms with van der Waals surface area (Å²) in [4.78, 5) is 12.5. The summed E-state index contributed by atoms with van der Waals surface area (Å²) in [5.74, 6) is 2.63. The lowest BCUT2D eigenvalue weighted by Crippen LogP contribution is -2.30. The first-order valence-corrected chi connectivity index (χ1v) is 7.96. The van der Waals surface area contributed by atoms with Crippen LogP contribution >= 0.6 is 0 Å². The zero-order valence-corrected chi connectivity index (χ0v) is 13.2. The number of carbonyl (C=O) groups excluding carboxylic acids is 1. The van der Waals surface area contributed by atoms with Crippen LogP contribution in [-0.2, 0) is 14.3 Å². The lowest BCUT2D eigenvalue weighted by atomic mass is 9.83. The van der Waals surface area contributed by atoms with Crippen LogP contribution in [0, 0.1) is 11.8 Å². The lowest BCUT2D eigenvalue weighted by Gasteiger charge is -2.26. The monoisotopic (exact) mass is 293 g/mol. The highest BCUT2D eigenvalue weighted by Crippen LogP contribution is 2.28. The van der Waals surface area contributed by atoms with Gasteiger partial charge in [-0.3, -0.25) is 4.79 Å². The van der Waals surface area contributed by atoms with Gasteiger partial charge in [-0.15, -0.1) is 0 Å². The number of ether oxygens (including phenoxy) is 2. The number of hydrogen-bond donors (Lipinski definition) is 1. The quantitative estimate of drug-likeness (QED) is 0.866. The standard InChI is InChI=1S/C17H27NO3/c1-20-16-5-3-4-14(12-13-8-10-18-11-9-13)15(19)6-7-17(16)21-2/h5,7,13-14,18H,3-4,6,8-12H2,1-2H3/b16-5+,17-7+. The Hall–Kier alpha value is -1.29. The SMILES string of the molecule is COC1=C/CCC(CC2CCNCC2)C(=O)C/C=C\1OC. The molecule has 0 radical (unpaired) electrons. The van der Waals surface area contributed by atoms with Crippen molar-refractivity contribution in [3.8, 4) is 0 Å². The third-order valence-corrected chi connectivity index (χ3v) is 4.55. The van der Waals surface area contributed by atoms with Crippen molar-refractivity contribution in [1.29, 1.82) is 0 Å². The molecule has 1 aliphatic heterocycles. The second-order valence-electron chi connectivity index (χ2n) is 5.92. The minimum atomic E-state index is 0.176. The maximum Gasteiger partial charge on any atom is 0.156 e. The molecular formula is C17H27NO3. The number of hydrogen-bond acceptors (Lipinski definition) is 4. The molecule has 21 heavy (non-hydrogen) atoms. The van der Waals surface area contributed by atoms with Crippen molar-refractivity contribution in [1.82, 2.24) is 5.32 Å². The molecule has 2 aliphatic rings. The molecule has 4 nitrogen and oxygen atoms in total. The average Bonchev–Trinajstić information content (AvgIpc) is 2.59. The zero-order chi connectivity index (χ0) is 15.1. The molecule has 0 spiro atoms. The number of piperidine rings is 1. The van der Waals surface area contributed by atoms with E-state index in [0.717, 1.165) is 38.1 Å². The minimum absolute atomic E-state index is 0.176. The Kier molecular flexibility index (Phi) is 6.30. The van der Waals surface area contributed by atoms with Gasteiger partial charge in [-0.1, -0.05) is 0 Å². The molecule has 0 aromatic heterocycles. The lowest BCUT2D eigenvalue weighted by molar-refractivity contribution is -0.122. The van der Waals surface area contributed by atoms with E-state index in [0.29, 0.717) is 23.9 Å². The van der Waals surface area contributed by atoms with Crippen molar-refractivity contribution in [2.24, 2.45) is 11.8 Å². The largest absolute Gasteiger partial charge is 0.493 e. The summed E-state index contributed by atoms with van der Waals surface area (Å²) >= 11 is 0. The van der Waals surface area contributed by atoms with E-state index in [9.17, 15) is 4.79 Å². The van der Waals surface area contributed by atoms with Gasteiger partial charge >= 0.3 is 0 Å². The van der Waals surface area contributed by atoms with E-state index in [1.807, 2.05) is 12.2 Å². The molecule has 0 amide bonds. The summed E-state index contributed by atoms with van der Waals surface area (Å²) in [6.45, 7) is 2.18. The van der Waals surface area contributed by atoms with Gasteiger partial charge in [0, 0.05) is 12.3 Å². The third-order valence-electron chi connectivity index (χ3n) is 4.55. The van der Waals surface area contributed by atoms with Gasteiger partial charge in [0.2, 0.25) is 0 Å². The summed E-state index contributed by atoms with van der Waals surface area (Å²) in [6, 6.07) is 0. The molecule has 4 heteroatoms. The van der Waals surface area contributed by atoms with Crippen LogP contribution in [0.5, 0.6) is 0 Å². The average molecular weight is 293 g/mol. The van der Waals surface area contributed by atoms with Crippen molar-refractivity contribution in [2.45, 2.75) is 38.5 Å². The van der Waals surface area contributed by atoms with Crippen molar-refractivity contribution >= 4 is 5.78 Å². The minimum Gasteiger partial charge on any atom is -0.493 e. The smallest absolute Gasteiger partial charge is 0.156 e. The molecule has 1 aliphatic carbocycles. The van der Waals surface area contributed by atoms with E-state index >= 15 is 0 Å². The van der Waals surface area contributed by atoms with E-state index < -0.39 is 0 Å². The highest BCUT2D eigenvalue weighted by molar-refractivity contribution is 5.82. The fourth-order valence-corrected chi connectivity index (χ4v) is 3.27. The van der Waals surface area contributed by atoms with Crippen LogP contribution in [0.1, 0.15) is 38.5 Å². The molecule has 2 rings (SSSR count). The Balaban J connectivity index is 2.02. The van der Waals surface area contributed by atoms with Crippen molar-refractivity contribution in [2.75, 3.05) is 27.3 Å². The van der Waals surface area contributed by atoms with Crippen LogP contribution in [0.15, 0.2) is 23.7 Å². The maximum atomic E-state index is 12.5. The Bertz CT molecular complexity index is 408. The molecule has 1 N–H and O–H groups in total. The van der Waals surface area contributed by atoms with Crippen LogP contribution < -0.4 is 5.32 Å². The van der Waals surface area contributed by atoms with Gasteiger partial charge in [0.25, 0.3) is 0 Å². The summed E-state index contributed by atoms with van der Waals surface area (Å²) in [5.41, 5.74) is 0. The first-order chi connectivity index (χ1) is 10.2. The van der Waals surface area contributed by atoms with Gasteiger partial charge in [-0.2, -0.15) is 0 Å². The predicted molar refractivity (Wildman–Crippen MR) is 82.7 cm³/mol. The summed E-state index contributed by atoms with van der Waals surface area (Å²) in [5, 5.41) is 3.39. The van der Waals surface area contributed by atoms with Gasteiger partial charge in [0.15, 0.2) is 11.5 Å². The first-order valence-electron chi connectivity index (χ1n) is 7.96. The fraction of sp³-hybridized carbons (Fsp3) is 0.706. The number of carbonyl (C=O) groups is 1. The summed E-state index contributed by atoms with van der Waals surface area (Å²) in [7, 11) is 3.26. The molecule has 1 fully saturated rings. The van der Waals surface area contributed by atoms with Crippen molar-refractivity contribution in [3.05, 3.63) is 23.7 Å². The van der Waals surface area contributed by atoms with Gasteiger partial charge < -0.3 is 14.8 Å². The molecule has 1 saturated heterocycles. The van der Waals surface area contributed by atoms with Crippen LogP contribution in [0.25, 0.3) is 0 Å². The van der Waals surface area contributed by atoms with E-state index in [2.05, 4.69) is 5.32 Å². The molecule has 1 atom stereocenters. The third kappa shape index (κ3) is 4.60. The number of rotatable bonds is 4. The molecule has 118 valence electrons. The Morgan fingerprint density at radius 1 is 1.10 bits per heavy atom. The Morgan fingerprint density at radius 2 is 1.76 bits per heavy atom. The second kappa shape index (κ2) is 8.23. The fourth-order valence-electron chi connectivity index (χ4n) is 3.27. The Morgan fingerprint density at radius 3 is 2.43 bits per heavy atom. The summed E-state index contributed by atoms with van der Waals surface area (Å²) in [6.07, 6.45) is 9.56. The predicted octanol–water partition coefficient (Wildman–Crippen LogP) is 2.81. The number of nitrogens with one attached hydrogen (secondary N) is 1. The van der Waals surface area contributed by atoms with E-state index in [-0.39, 0.29) is 5.92 Å². The summed E-state index contributed by atoms with van der Waals surface area (Å²) < 4.78 is 10.7. The molecule has 0 bridgehead atoms. The topological polar surface area (TPSA) is 47.6 Å². The van der Waals surface area contributed by atoms with Crippen LogP contribution in [0.4, 0.5) is 0 Å². The normalized spacial score (nSPS) is 30.2. The first kappa shape index (κ1) is 16.1. The van der Waals surface area contributed by atoms with Gasteiger partial charge in [-0.05, 0) is 63.3 Å². The molecule has 0 saturated carbocycles. The van der Waals surface area contributed by atoms with Crippen LogP contribution in [-0.4, -0.2) is 33.1 Å². The number of methoxy groups -OCH3 is 2. The maximum absolute atomic E-state index is 12.5. The van der Waals surface area contributed by atoms with Gasteiger partial charge in [-0.25, -0.2) is 0 Å². The molecule has 0 aromatic carbocycles. The number of Topliss-reactive ketones (excluding diaryl/α,β-unsaturated/α-hetero) is 1. The van der Waals surface area contributed by atoms with Crippen molar-refractivity contribution < 1.29 is 14.3 Å². The second-order valence-corrected chi connectivity index (χ2v) is 5.92. The highest BCUT2D eigenvalue weighted by Gasteiger charge is 2.24. The number of ketones is 1. The van der Waals surface area contributed by atoms with Gasteiger partial charge in [0.1, 0.15) is 5.78 Å². The van der Waals surface area contributed by atoms with Crippen molar-refractivity contribution in [3.63, 3.8) is 0 Å². The van der Waals surface area contributed by atoms with E-state index in [1.165, 1.54) is 12.8 Å². The highest BCUT2D eigenvalue weighted by atomic mass is 16.5. The number of allylic oxidation sites excluding steroid dienone is 2. The molecular weight excluding hydrogens is 266 g/mol. The van der Waals surface area contributed by atoms with E-state index in [1.54, 1.807) is 14.2 Å².